The maximum Gasteiger partial charge on any atom is 0.254 e. The van der Waals surface area contributed by atoms with E-state index in [4.69, 9.17) is 4.74 Å². The number of carbonyl (C=O) groups is 1. The van der Waals surface area contributed by atoms with Gasteiger partial charge in [-0.25, -0.2) is 9.97 Å². The van der Waals surface area contributed by atoms with Crippen LogP contribution in [-0.4, -0.2) is 63.5 Å². The number of pyridine rings is 1. The lowest BCUT2D eigenvalue weighted by Crippen LogP contribution is -2.38. The van der Waals surface area contributed by atoms with E-state index in [2.05, 4.69) is 43.9 Å². The van der Waals surface area contributed by atoms with E-state index in [-0.39, 0.29) is 11.6 Å². The number of aromatic nitrogens is 3. The lowest BCUT2D eigenvalue weighted by atomic mass is 9.91. The highest BCUT2D eigenvalue weighted by molar-refractivity contribution is 5.97. The number of nitrogens with zero attached hydrogens (tertiary/aromatic N) is 6. The second-order valence-electron chi connectivity index (χ2n) is 9.77. The minimum absolute atomic E-state index is 0.0280. The van der Waals surface area contributed by atoms with Crippen molar-refractivity contribution in [1.29, 1.82) is 5.26 Å². The molecule has 37 heavy (non-hydrogen) atoms. The maximum atomic E-state index is 13.8. The topological polar surface area (TPSA) is 99.3 Å². The molecule has 1 N–H and O–H groups in total. The summed E-state index contributed by atoms with van der Waals surface area (Å²) >= 11 is 0. The number of hydrogen-bond acceptors (Lipinski definition) is 7. The Hall–Kier alpha value is -3.90. The van der Waals surface area contributed by atoms with Crippen LogP contribution in [0.2, 0.25) is 0 Å². The molecule has 2 aromatic heterocycles. The zero-order chi connectivity index (χ0) is 25.9. The van der Waals surface area contributed by atoms with E-state index in [0.717, 1.165) is 41.2 Å². The molecule has 0 unspecified atom stereocenters. The van der Waals surface area contributed by atoms with Crippen LogP contribution < -0.4 is 10.1 Å². The predicted octanol–water partition coefficient (Wildman–Crippen LogP) is 3.43. The van der Waals surface area contributed by atoms with E-state index >= 15 is 0 Å². The van der Waals surface area contributed by atoms with Gasteiger partial charge in [0.05, 0.1) is 13.2 Å². The van der Waals surface area contributed by atoms with E-state index in [1.807, 2.05) is 37.2 Å². The Morgan fingerprint density at radius 1 is 1.22 bits per heavy atom. The molecule has 192 valence electrons. The van der Waals surface area contributed by atoms with Crippen LogP contribution in [0.5, 0.6) is 5.75 Å². The number of ether oxygens (including phenoxy) is 1. The first-order valence-electron chi connectivity index (χ1n) is 12.9. The lowest BCUT2D eigenvalue weighted by Gasteiger charge is -2.31. The third-order valence-corrected chi connectivity index (χ3v) is 7.12. The standard InChI is InChI=1S/C28H33N7O2/c1-4-37-26-13-20(15-32-25(26)14-29)17-34-9-7-23-21(18-33(3)22-5-6-22)11-19(12-24(23)27(34)36)16-35-10-8-31-28(35)30-2/h8,10-13,15,22H,4-7,9,16-18H2,1-3H3,(H,30,31). The fourth-order valence-corrected chi connectivity index (χ4v) is 5.10. The first-order valence-corrected chi connectivity index (χ1v) is 12.9. The second kappa shape index (κ2) is 10.6. The highest BCUT2D eigenvalue weighted by Crippen LogP contribution is 2.31. The van der Waals surface area contributed by atoms with Gasteiger partial charge in [-0.05, 0) is 67.6 Å². The molecule has 0 saturated heterocycles. The van der Waals surface area contributed by atoms with E-state index in [1.54, 1.807) is 12.4 Å². The summed E-state index contributed by atoms with van der Waals surface area (Å²) in [7, 11) is 4.04. The van der Waals surface area contributed by atoms with Crippen molar-refractivity contribution in [2.75, 3.05) is 32.6 Å². The van der Waals surface area contributed by atoms with Gasteiger partial charge in [-0.1, -0.05) is 6.07 Å². The third kappa shape index (κ3) is 5.30. The van der Waals surface area contributed by atoms with E-state index < -0.39 is 0 Å². The van der Waals surface area contributed by atoms with Crippen molar-refractivity contribution in [3.63, 3.8) is 0 Å². The maximum absolute atomic E-state index is 13.8. The van der Waals surface area contributed by atoms with Crippen molar-refractivity contribution < 1.29 is 9.53 Å². The number of nitrogens with one attached hydrogen (secondary N) is 1. The van der Waals surface area contributed by atoms with Crippen LogP contribution in [0, 0.1) is 11.3 Å². The molecule has 1 fully saturated rings. The van der Waals surface area contributed by atoms with Gasteiger partial charge >= 0.3 is 0 Å². The highest BCUT2D eigenvalue weighted by atomic mass is 16.5. The zero-order valence-corrected chi connectivity index (χ0v) is 21.7. The van der Waals surface area contributed by atoms with Gasteiger partial charge in [0.2, 0.25) is 5.95 Å². The number of rotatable bonds is 10. The summed E-state index contributed by atoms with van der Waals surface area (Å²) in [4.78, 5) is 26.7. The summed E-state index contributed by atoms with van der Waals surface area (Å²) in [6, 6.07) is 8.84. The van der Waals surface area contributed by atoms with Gasteiger partial charge in [0.25, 0.3) is 5.91 Å². The molecule has 0 bridgehead atoms. The summed E-state index contributed by atoms with van der Waals surface area (Å²) < 4.78 is 7.65. The van der Waals surface area contributed by atoms with Crippen molar-refractivity contribution >= 4 is 11.9 Å². The van der Waals surface area contributed by atoms with Crippen molar-refractivity contribution in [3.8, 4) is 11.8 Å². The second-order valence-corrected chi connectivity index (χ2v) is 9.77. The number of amides is 1. The molecule has 5 rings (SSSR count). The van der Waals surface area contributed by atoms with Gasteiger partial charge in [0, 0.05) is 56.9 Å². The monoisotopic (exact) mass is 499 g/mol. The Morgan fingerprint density at radius 2 is 2.05 bits per heavy atom. The number of carbonyl (C=O) groups excluding carboxylic acids is 1. The van der Waals surface area contributed by atoms with Gasteiger partial charge in [-0.15, -0.1) is 0 Å². The summed E-state index contributed by atoms with van der Waals surface area (Å²) in [6.45, 7) is 4.86. The molecule has 1 saturated carbocycles. The van der Waals surface area contributed by atoms with Crippen LogP contribution in [0.1, 0.15) is 58.1 Å². The fourth-order valence-electron chi connectivity index (χ4n) is 5.10. The van der Waals surface area contributed by atoms with E-state index in [1.165, 1.54) is 18.4 Å². The summed E-state index contributed by atoms with van der Waals surface area (Å²) in [6.07, 6.45) is 8.69. The van der Waals surface area contributed by atoms with Crippen LogP contribution in [0.3, 0.4) is 0 Å². The molecule has 0 spiro atoms. The molecule has 1 aromatic carbocycles. The van der Waals surface area contributed by atoms with Gasteiger partial charge in [-0.3, -0.25) is 9.69 Å². The average molecular weight is 500 g/mol. The molecule has 3 heterocycles. The normalized spacial score (nSPS) is 15.0. The van der Waals surface area contributed by atoms with E-state index in [9.17, 15) is 10.1 Å². The van der Waals surface area contributed by atoms with Crippen LogP contribution in [-0.2, 0) is 26.1 Å². The minimum atomic E-state index is 0.0280. The number of nitriles is 1. The first-order chi connectivity index (χ1) is 18.0. The predicted molar refractivity (Wildman–Crippen MR) is 140 cm³/mol. The molecule has 1 amide bonds. The van der Waals surface area contributed by atoms with Gasteiger partial charge in [-0.2, -0.15) is 5.26 Å². The summed E-state index contributed by atoms with van der Waals surface area (Å²) in [5.74, 6) is 1.28. The largest absolute Gasteiger partial charge is 0.491 e. The van der Waals surface area contributed by atoms with Crippen LogP contribution in [0.15, 0.2) is 36.8 Å². The molecule has 1 aliphatic carbocycles. The first kappa shape index (κ1) is 24.8. The van der Waals surface area contributed by atoms with E-state index in [0.29, 0.717) is 38.0 Å². The molecule has 2 aliphatic rings. The Morgan fingerprint density at radius 3 is 2.78 bits per heavy atom. The summed E-state index contributed by atoms with van der Waals surface area (Å²) in [5, 5.41) is 12.4. The highest BCUT2D eigenvalue weighted by Gasteiger charge is 2.30. The molecular formula is C28H33N7O2. The molecule has 9 heteroatoms. The Balaban J connectivity index is 1.44. The SMILES string of the molecule is CCOc1cc(CN2CCc3c(CN(C)C4CC4)cc(Cn4ccnc4NC)cc3C2=O)cnc1C#N. The number of imidazole rings is 1. The Labute approximate surface area is 217 Å². The molecule has 0 atom stereocenters. The molecular weight excluding hydrogens is 466 g/mol. The number of benzene rings is 1. The Bertz CT molecular complexity index is 1340. The molecule has 0 radical (unpaired) electrons. The number of hydrogen-bond donors (Lipinski definition) is 1. The van der Waals surface area contributed by atoms with Gasteiger partial charge < -0.3 is 19.5 Å². The average Bonchev–Trinajstić information content (AvgIpc) is 3.66. The fraction of sp³-hybridized carbons (Fsp3) is 0.429. The molecule has 1 aliphatic heterocycles. The van der Waals surface area contributed by atoms with Crippen molar-refractivity contribution in [2.45, 2.75) is 51.9 Å². The minimum Gasteiger partial charge on any atom is -0.491 e. The summed E-state index contributed by atoms with van der Waals surface area (Å²) in [5.41, 5.74) is 5.36. The molecule has 3 aromatic rings. The number of fused-ring (bicyclic) bond motifs is 1. The van der Waals surface area contributed by atoms with Crippen LogP contribution in [0.25, 0.3) is 0 Å². The van der Waals surface area contributed by atoms with Crippen LogP contribution in [0.4, 0.5) is 5.95 Å². The third-order valence-electron chi connectivity index (χ3n) is 7.12. The van der Waals surface area contributed by atoms with Crippen molar-refractivity contribution in [3.05, 3.63) is 70.3 Å². The Kier molecular flexibility index (Phi) is 7.10. The zero-order valence-electron chi connectivity index (χ0n) is 21.7. The van der Waals surface area contributed by atoms with Crippen molar-refractivity contribution in [2.24, 2.45) is 0 Å². The molecule has 9 nitrogen and oxygen atoms in total. The van der Waals surface area contributed by atoms with Gasteiger partial charge in [0.1, 0.15) is 6.07 Å². The quantitative estimate of drug-likeness (QED) is 0.456. The lowest BCUT2D eigenvalue weighted by molar-refractivity contribution is 0.0725. The van der Waals surface area contributed by atoms with Gasteiger partial charge in [0.15, 0.2) is 11.4 Å². The smallest absolute Gasteiger partial charge is 0.254 e. The van der Waals surface area contributed by atoms with Crippen molar-refractivity contribution in [1.82, 2.24) is 24.3 Å². The number of anilines is 1. The van der Waals surface area contributed by atoms with Crippen LogP contribution >= 0.6 is 0 Å².